The van der Waals surface area contributed by atoms with Gasteiger partial charge in [0.05, 0.1) is 11.3 Å². The van der Waals surface area contributed by atoms with Crippen LogP contribution in [0, 0.1) is 0 Å². The molecule has 0 bridgehead atoms. The van der Waals surface area contributed by atoms with Gasteiger partial charge in [-0.15, -0.1) is 0 Å². The molecule has 0 unspecified atom stereocenters. The summed E-state index contributed by atoms with van der Waals surface area (Å²) in [5.74, 6) is 0.343. The molecule has 1 heterocycles. The largest absolute Gasteiger partial charge is 0.481 e. The number of amides is 2. The van der Waals surface area contributed by atoms with E-state index < -0.39 is 6.10 Å². The normalized spacial score (nSPS) is 15.0. The lowest BCUT2D eigenvalue weighted by atomic mass is 10.1. The van der Waals surface area contributed by atoms with E-state index in [-0.39, 0.29) is 11.8 Å². The molecule has 0 spiro atoms. The molecule has 1 N–H and O–H groups in total. The van der Waals surface area contributed by atoms with Crippen LogP contribution in [0.5, 0.6) is 5.75 Å². The molecule has 0 aliphatic carbocycles. The molecule has 28 heavy (non-hydrogen) atoms. The average molecular weight is 380 g/mol. The number of rotatable bonds is 6. The zero-order valence-corrected chi connectivity index (χ0v) is 16.6. The van der Waals surface area contributed by atoms with E-state index in [1.807, 2.05) is 41.3 Å². The molecule has 0 saturated carbocycles. The van der Waals surface area contributed by atoms with Crippen molar-refractivity contribution in [3.8, 4) is 5.75 Å². The van der Waals surface area contributed by atoms with Crippen molar-refractivity contribution in [1.29, 1.82) is 0 Å². The number of aryl methyl sites for hydroxylation is 1. The van der Waals surface area contributed by atoms with E-state index in [0.29, 0.717) is 17.0 Å². The Morgan fingerprint density at radius 2 is 1.71 bits per heavy atom. The molecule has 2 aromatic rings. The Morgan fingerprint density at radius 1 is 1.04 bits per heavy atom. The first kappa shape index (κ1) is 19.9. The van der Waals surface area contributed by atoms with Gasteiger partial charge >= 0.3 is 0 Å². The van der Waals surface area contributed by atoms with Crippen molar-refractivity contribution in [2.24, 2.45) is 0 Å². The summed E-state index contributed by atoms with van der Waals surface area (Å²) < 4.78 is 5.76. The maximum atomic E-state index is 12.9. The number of para-hydroxylation sites is 1. The Kier molecular flexibility index (Phi) is 6.69. The molecule has 1 aliphatic heterocycles. The maximum Gasteiger partial charge on any atom is 0.265 e. The Hall–Kier alpha value is -2.82. The van der Waals surface area contributed by atoms with E-state index in [4.69, 9.17) is 4.74 Å². The zero-order chi connectivity index (χ0) is 19.9. The molecule has 1 fully saturated rings. The van der Waals surface area contributed by atoms with Gasteiger partial charge in [0.15, 0.2) is 6.10 Å². The number of nitrogens with one attached hydrogen (secondary N) is 1. The van der Waals surface area contributed by atoms with Gasteiger partial charge < -0.3 is 15.0 Å². The molecule has 148 valence electrons. The molecule has 1 saturated heterocycles. The molecule has 0 aromatic heterocycles. The second kappa shape index (κ2) is 9.40. The van der Waals surface area contributed by atoms with Crippen LogP contribution in [0.2, 0.25) is 0 Å². The number of anilines is 1. The minimum Gasteiger partial charge on any atom is -0.481 e. The fraction of sp³-hybridized carbons (Fsp3) is 0.391. The van der Waals surface area contributed by atoms with E-state index in [0.717, 1.165) is 38.8 Å². The number of piperidine rings is 1. The number of carbonyl (C=O) groups excluding carboxylic acids is 2. The summed E-state index contributed by atoms with van der Waals surface area (Å²) in [5.41, 5.74) is 2.27. The van der Waals surface area contributed by atoms with Gasteiger partial charge in [-0.1, -0.05) is 31.2 Å². The van der Waals surface area contributed by atoms with Gasteiger partial charge in [0, 0.05) is 13.1 Å². The highest BCUT2D eigenvalue weighted by molar-refractivity contribution is 6.04. The minimum atomic E-state index is -0.675. The summed E-state index contributed by atoms with van der Waals surface area (Å²) in [4.78, 5) is 27.4. The monoisotopic (exact) mass is 380 g/mol. The van der Waals surface area contributed by atoms with Gasteiger partial charge in [0.2, 0.25) is 0 Å². The highest BCUT2D eigenvalue weighted by Gasteiger charge is 2.22. The van der Waals surface area contributed by atoms with Gasteiger partial charge in [0.25, 0.3) is 11.8 Å². The number of carbonyl (C=O) groups is 2. The molecular weight excluding hydrogens is 352 g/mol. The van der Waals surface area contributed by atoms with Crippen LogP contribution in [0.25, 0.3) is 0 Å². The molecule has 1 atom stereocenters. The molecular formula is C23H28N2O3. The second-order valence-electron chi connectivity index (χ2n) is 7.15. The minimum absolute atomic E-state index is 0.0284. The summed E-state index contributed by atoms with van der Waals surface area (Å²) in [5, 5.41) is 2.86. The van der Waals surface area contributed by atoms with Gasteiger partial charge in [-0.3, -0.25) is 9.59 Å². The van der Waals surface area contributed by atoms with Gasteiger partial charge in [-0.05, 0) is 62.4 Å². The molecule has 2 amide bonds. The number of nitrogens with zero attached hydrogens (tertiary/aromatic N) is 1. The van der Waals surface area contributed by atoms with Crippen molar-refractivity contribution in [1.82, 2.24) is 4.90 Å². The molecule has 0 radical (unpaired) electrons. The number of likely N-dealkylation sites (tertiary alicyclic amines) is 1. The summed E-state index contributed by atoms with van der Waals surface area (Å²) >= 11 is 0. The fourth-order valence-corrected chi connectivity index (χ4v) is 3.34. The topological polar surface area (TPSA) is 58.6 Å². The van der Waals surface area contributed by atoms with Crippen LogP contribution in [0.3, 0.4) is 0 Å². The Balaban J connectivity index is 1.66. The van der Waals surface area contributed by atoms with Crippen molar-refractivity contribution in [2.45, 2.75) is 45.6 Å². The maximum absolute atomic E-state index is 12.9. The van der Waals surface area contributed by atoms with Gasteiger partial charge in [0.1, 0.15) is 5.75 Å². The molecule has 2 aromatic carbocycles. The number of hydrogen-bond acceptors (Lipinski definition) is 3. The van der Waals surface area contributed by atoms with Crippen molar-refractivity contribution in [3.63, 3.8) is 0 Å². The van der Waals surface area contributed by atoms with Crippen LogP contribution in [0.15, 0.2) is 48.5 Å². The van der Waals surface area contributed by atoms with Crippen LogP contribution in [-0.2, 0) is 11.2 Å². The summed E-state index contributed by atoms with van der Waals surface area (Å²) in [6.45, 7) is 5.34. The van der Waals surface area contributed by atoms with E-state index in [9.17, 15) is 9.59 Å². The van der Waals surface area contributed by atoms with Gasteiger partial charge in [-0.25, -0.2) is 0 Å². The predicted molar refractivity (Wildman–Crippen MR) is 111 cm³/mol. The predicted octanol–water partition coefficient (Wildman–Crippen LogP) is 4.28. The fourth-order valence-electron chi connectivity index (χ4n) is 3.34. The van der Waals surface area contributed by atoms with Crippen molar-refractivity contribution >= 4 is 17.5 Å². The standard InChI is InChI=1S/C23H28N2O3/c1-3-18-11-13-19(14-12-18)28-17(2)22(26)24-21-10-6-5-9-20(21)23(27)25-15-7-4-8-16-25/h5-6,9-14,17H,3-4,7-8,15-16H2,1-2H3,(H,24,26)/t17-/m1/s1. The lowest BCUT2D eigenvalue weighted by molar-refractivity contribution is -0.122. The number of hydrogen-bond donors (Lipinski definition) is 1. The summed E-state index contributed by atoms with van der Waals surface area (Å²) in [6, 6.07) is 14.9. The highest BCUT2D eigenvalue weighted by Crippen LogP contribution is 2.21. The Bertz CT molecular complexity index is 811. The molecule has 5 heteroatoms. The van der Waals surface area contributed by atoms with E-state index in [1.54, 1.807) is 19.1 Å². The van der Waals surface area contributed by atoms with Crippen LogP contribution in [0.1, 0.15) is 49.0 Å². The molecule has 3 rings (SSSR count). The Labute approximate surface area is 166 Å². The Morgan fingerprint density at radius 3 is 2.39 bits per heavy atom. The van der Waals surface area contributed by atoms with Crippen LogP contribution in [-0.4, -0.2) is 35.9 Å². The third-order valence-corrected chi connectivity index (χ3v) is 5.07. The van der Waals surface area contributed by atoms with Gasteiger partial charge in [-0.2, -0.15) is 0 Å². The third-order valence-electron chi connectivity index (χ3n) is 5.07. The summed E-state index contributed by atoms with van der Waals surface area (Å²) in [7, 11) is 0. The number of ether oxygens (including phenoxy) is 1. The van der Waals surface area contributed by atoms with E-state index in [1.165, 1.54) is 5.56 Å². The first-order valence-electron chi connectivity index (χ1n) is 10.0. The summed E-state index contributed by atoms with van der Waals surface area (Å²) in [6.07, 6.45) is 3.50. The molecule has 5 nitrogen and oxygen atoms in total. The van der Waals surface area contributed by atoms with Crippen LogP contribution < -0.4 is 10.1 Å². The quantitative estimate of drug-likeness (QED) is 0.814. The molecule has 1 aliphatic rings. The van der Waals surface area contributed by atoms with E-state index >= 15 is 0 Å². The van der Waals surface area contributed by atoms with Crippen molar-refractivity contribution in [3.05, 3.63) is 59.7 Å². The van der Waals surface area contributed by atoms with Crippen LogP contribution in [0.4, 0.5) is 5.69 Å². The van der Waals surface area contributed by atoms with Crippen molar-refractivity contribution < 1.29 is 14.3 Å². The first-order chi connectivity index (χ1) is 13.6. The lowest BCUT2D eigenvalue weighted by Gasteiger charge is -2.27. The smallest absolute Gasteiger partial charge is 0.265 e. The van der Waals surface area contributed by atoms with Crippen LogP contribution >= 0.6 is 0 Å². The zero-order valence-electron chi connectivity index (χ0n) is 16.6. The number of benzene rings is 2. The highest BCUT2D eigenvalue weighted by atomic mass is 16.5. The third kappa shape index (κ3) is 4.91. The average Bonchev–Trinajstić information content (AvgIpc) is 2.74. The van der Waals surface area contributed by atoms with Crippen molar-refractivity contribution in [2.75, 3.05) is 18.4 Å². The van der Waals surface area contributed by atoms with E-state index in [2.05, 4.69) is 12.2 Å². The second-order valence-corrected chi connectivity index (χ2v) is 7.15. The SMILES string of the molecule is CCc1ccc(O[C@H](C)C(=O)Nc2ccccc2C(=O)N2CCCCC2)cc1. The first-order valence-corrected chi connectivity index (χ1v) is 10.0. The lowest BCUT2D eigenvalue weighted by Crippen LogP contribution is -2.36.